The fraction of sp³-hybridized carbons (Fsp3) is 1.00. The molecule has 1 aliphatic rings. The van der Waals surface area contributed by atoms with Gasteiger partial charge in [-0.05, 0) is 27.2 Å². The van der Waals surface area contributed by atoms with Crippen molar-refractivity contribution in [2.45, 2.75) is 52.2 Å². The van der Waals surface area contributed by atoms with Gasteiger partial charge in [0, 0.05) is 32.2 Å². The van der Waals surface area contributed by atoms with Crippen LogP contribution in [0.4, 0.5) is 0 Å². The van der Waals surface area contributed by atoms with Crippen LogP contribution in [0.1, 0.15) is 40.5 Å². The van der Waals surface area contributed by atoms with Crippen LogP contribution in [0.2, 0.25) is 0 Å². The average molecular weight is 228 g/mol. The van der Waals surface area contributed by atoms with E-state index in [1.165, 1.54) is 19.4 Å². The van der Waals surface area contributed by atoms with E-state index >= 15 is 0 Å². The lowest BCUT2D eigenvalue weighted by molar-refractivity contribution is -0.0156. The number of hydrogen-bond donors (Lipinski definition) is 1. The molecule has 0 bridgehead atoms. The predicted molar refractivity (Wildman–Crippen MR) is 68.8 cm³/mol. The Hall–Kier alpha value is -0.120. The largest absolute Gasteiger partial charge is 0.375 e. The highest BCUT2D eigenvalue weighted by Gasteiger charge is 2.18. The summed E-state index contributed by atoms with van der Waals surface area (Å²) < 4.78 is 5.77. The van der Waals surface area contributed by atoms with E-state index in [4.69, 9.17) is 4.74 Å². The summed E-state index contributed by atoms with van der Waals surface area (Å²) in [7, 11) is 0. The predicted octanol–water partition coefficient (Wildman–Crippen LogP) is 1.88. The minimum absolute atomic E-state index is 0.00312. The van der Waals surface area contributed by atoms with Crippen molar-refractivity contribution in [3.05, 3.63) is 0 Å². The summed E-state index contributed by atoms with van der Waals surface area (Å²) in [5.74, 6) is 0. The second-order valence-electron chi connectivity index (χ2n) is 5.70. The second-order valence-corrected chi connectivity index (χ2v) is 5.70. The molecule has 1 saturated heterocycles. The van der Waals surface area contributed by atoms with Gasteiger partial charge in [0.1, 0.15) is 0 Å². The molecular weight excluding hydrogens is 200 g/mol. The number of piperazine rings is 1. The van der Waals surface area contributed by atoms with Crippen molar-refractivity contribution in [2.75, 3.05) is 32.8 Å². The van der Waals surface area contributed by atoms with Gasteiger partial charge in [-0.25, -0.2) is 0 Å². The van der Waals surface area contributed by atoms with Crippen LogP contribution < -0.4 is 5.32 Å². The van der Waals surface area contributed by atoms with Crippen LogP contribution in [0.3, 0.4) is 0 Å². The summed E-state index contributed by atoms with van der Waals surface area (Å²) in [4.78, 5) is 2.52. The number of hydrogen-bond acceptors (Lipinski definition) is 3. The summed E-state index contributed by atoms with van der Waals surface area (Å²) in [6, 6.07) is 0.688. The molecule has 1 N–H and O–H groups in total. The molecular formula is C13H28N2O. The maximum Gasteiger partial charge on any atom is 0.0600 e. The molecule has 1 atom stereocenters. The molecule has 1 unspecified atom stereocenters. The quantitative estimate of drug-likeness (QED) is 0.777. The number of rotatable bonds is 5. The van der Waals surface area contributed by atoms with E-state index in [2.05, 4.69) is 37.9 Å². The Kier molecular flexibility index (Phi) is 5.73. The van der Waals surface area contributed by atoms with Crippen molar-refractivity contribution in [1.82, 2.24) is 10.2 Å². The van der Waals surface area contributed by atoms with E-state index in [-0.39, 0.29) is 5.60 Å². The van der Waals surface area contributed by atoms with E-state index in [9.17, 15) is 0 Å². The molecule has 0 amide bonds. The van der Waals surface area contributed by atoms with Gasteiger partial charge in [0.2, 0.25) is 0 Å². The van der Waals surface area contributed by atoms with E-state index in [1.54, 1.807) is 0 Å². The number of nitrogens with zero attached hydrogens (tertiary/aromatic N) is 1. The highest BCUT2D eigenvalue weighted by Crippen LogP contribution is 2.08. The van der Waals surface area contributed by atoms with Crippen molar-refractivity contribution in [2.24, 2.45) is 0 Å². The van der Waals surface area contributed by atoms with Gasteiger partial charge in [-0.3, -0.25) is 4.90 Å². The first kappa shape index (κ1) is 13.9. The van der Waals surface area contributed by atoms with Gasteiger partial charge < -0.3 is 10.1 Å². The van der Waals surface area contributed by atoms with E-state index in [0.717, 1.165) is 26.2 Å². The summed E-state index contributed by atoms with van der Waals surface area (Å²) in [5.41, 5.74) is -0.00312. The molecule has 1 aliphatic heterocycles. The fourth-order valence-electron chi connectivity index (χ4n) is 2.12. The van der Waals surface area contributed by atoms with Gasteiger partial charge in [-0.2, -0.15) is 0 Å². The molecule has 1 fully saturated rings. The molecule has 16 heavy (non-hydrogen) atoms. The molecule has 0 aromatic carbocycles. The lowest BCUT2D eigenvalue weighted by Gasteiger charge is -2.34. The van der Waals surface area contributed by atoms with Gasteiger partial charge in [0.25, 0.3) is 0 Å². The summed E-state index contributed by atoms with van der Waals surface area (Å²) in [6.07, 6.45) is 2.56. The number of nitrogens with one attached hydrogen (secondary N) is 1. The molecule has 0 aromatic rings. The minimum atomic E-state index is -0.00312. The van der Waals surface area contributed by atoms with Crippen LogP contribution in [0.25, 0.3) is 0 Å². The van der Waals surface area contributed by atoms with Crippen LogP contribution >= 0.6 is 0 Å². The lowest BCUT2D eigenvalue weighted by atomic mass is 10.1. The first-order valence-corrected chi connectivity index (χ1v) is 6.61. The molecule has 1 heterocycles. The van der Waals surface area contributed by atoms with Crippen LogP contribution in [0, 0.1) is 0 Å². The third-order valence-electron chi connectivity index (χ3n) is 2.92. The third kappa shape index (κ3) is 5.83. The van der Waals surface area contributed by atoms with E-state index in [0.29, 0.717) is 6.04 Å². The van der Waals surface area contributed by atoms with Crippen molar-refractivity contribution >= 4 is 0 Å². The van der Waals surface area contributed by atoms with E-state index < -0.39 is 0 Å². The van der Waals surface area contributed by atoms with Gasteiger partial charge in [0.05, 0.1) is 12.2 Å². The van der Waals surface area contributed by atoms with E-state index in [1.807, 2.05) is 0 Å². The molecule has 0 aliphatic carbocycles. The molecule has 1 rings (SSSR count). The Morgan fingerprint density at radius 3 is 2.75 bits per heavy atom. The molecule has 0 aromatic heterocycles. The monoisotopic (exact) mass is 228 g/mol. The van der Waals surface area contributed by atoms with Crippen molar-refractivity contribution in [3.63, 3.8) is 0 Å². The molecule has 3 heteroatoms. The molecule has 0 saturated carbocycles. The summed E-state index contributed by atoms with van der Waals surface area (Å²) >= 11 is 0. The second kappa shape index (κ2) is 6.58. The lowest BCUT2D eigenvalue weighted by Crippen LogP contribution is -2.51. The highest BCUT2D eigenvalue weighted by atomic mass is 16.5. The van der Waals surface area contributed by atoms with Crippen LogP contribution in [-0.4, -0.2) is 49.3 Å². The normalized spacial score (nSPS) is 23.6. The third-order valence-corrected chi connectivity index (χ3v) is 2.92. The maximum absolute atomic E-state index is 5.77. The Morgan fingerprint density at radius 2 is 2.12 bits per heavy atom. The van der Waals surface area contributed by atoms with Crippen LogP contribution in [0.15, 0.2) is 0 Å². The summed E-state index contributed by atoms with van der Waals surface area (Å²) in [5, 5.41) is 3.57. The Labute approximate surface area is 101 Å². The number of ether oxygens (including phenoxy) is 1. The SMILES string of the molecule is CCCC1CN(CCOC(C)(C)C)CCN1. The van der Waals surface area contributed by atoms with Crippen molar-refractivity contribution in [1.29, 1.82) is 0 Å². The smallest absolute Gasteiger partial charge is 0.0600 e. The first-order valence-electron chi connectivity index (χ1n) is 6.61. The molecule has 3 nitrogen and oxygen atoms in total. The van der Waals surface area contributed by atoms with Gasteiger partial charge in [-0.15, -0.1) is 0 Å². The molecule has 96 valence electrons. The highest BCUT2D eigenvalue weighted by molar-refractivity contribution is 4.78. The topological polar surface area (TPSA) is 24.5 Å². The van der Waals surface area contributed by atoms with Gasteiger partial charge >= 0.3 is 0 Å². The van der Waals surface area contributed by atoms with Crippen molar-refractivity contribution in [3.8, 4) is 0 Å². The maximum atomic E-state index is 5.77. The van der Waals surface area contributed by atoms with Crippen LogP contribution in [-0.2, 0) is 4.74 Å². The average Bonchev–Trinajstić information content (AvgIpc) is 2.17. The standard InChI is InChI=1S/C13H28N2O/c1-5-6-12-11-15(8-7-14-12)9-10-16-13(2,3)4/h12,14H,5-11H2,1-4H3. The Bertz CT molecular complexity index is 187. The van der Waals surface area contributed by atoms with Gasteiger partial charge in [-0.1, -0.05) is 13.3 Å². The fourth-order valence-corrected chi connectivity index (χ4v) is 2.12. The zero-order chi connectivity index (χ0) is 12.0. The summed E-state index contributed by atoms with van der Waals surface area (Å²) in [6.45, 7) is 14.0. The van der Waals surface area contributed by atoms with Crippen molar-refractivity contribution < 1.29 is 4.74 Å². The van der Waals surface area contributed by atoms with Gasteiger partial charge in [0.15, 0.2) is 0 Å². The minimum Gasteiger partial charge on any atom is -0.375 e. The Balaban J connectivity index is 2.16. The van der Waals surface area contributed by atoms with Crippen LogP contribution in [0.5, 0.6) is 0 Å². The first-order chi connectivity index (χ1) is 7.51. The zero-order valence-corrected chi connectivity index (χ0v) is 11.4. The Morgan fingerprint density at radius 1 is 1.38 bits per heavy atom. The molecule has 0 radical (unpaired) electrons. The molecule has 0 spiro atoms. The zero-order valence-electron chi connectivity index (χ0n) is 11.4.